The van der Waals surface area contributed by atoms with Gasteiger partial charge in [-0.2, -0.15) is 0 Å². The first-order valence-electron chi connectivity index (χ1n) is 7.14. The molecule has 104 valence electrons. The molecule has 0 bridgehead atoms. The Morgan fingerprint density at radius 1 is 1.15 bits per heavy atom. The minimum atomic E-state index is 0.0552. The lowest BCUT2D eigenvalue weighted by molar-refractivity contribution is 0.0932. The van der Waals surface area contributed by atoms with Gasteiger partial charge in [0.15, 0.2) is 0 Å². The highest BCUT2D eigenvalue weighted by Gasteiger charge is 2.28. The van der Waals surface area contributed by atoms with Gasteiger partial charge in [0.25, 0.3) is 5.91 Å². The van der Waals surface area contributed by atoms with E-state index in [1.807, 2.05) is 42.5 Å². The number of alkyl halides is 1. The first kappa shape index (κ1) is 13.6. The second-order valence-electron chi connectivity index (χ2n) is 5.45. The summed E-state index contributed by atoms with van der Waals surface area (Å²) in [6, 6.07) is 14.3. The standard InChI is InChI=1S/C17H18BrNO/c18-11-13-7-4-10-16(13)19-17(20)15-9-3-6-12-5-1-2-8-14(12)15/h1-3,5-6,8-9,13,16H,4,7,10-11H2,(H,19,20). The molecule has 0 radical (unpaired) electrons. The highest BCUT2D eigenvalue weighted by atomic mass is 79.9. The molecule has 1 N–H and O–H groups in total. The molecule has 1 saturated carbocycles. The van der Waals surface area contributed by atoms with E-state index in [1.165, 1.54) is 12.8 Å². The molecule has 3 rings (SSSR count). The zero-order chi connectivity index (χ0) is 13.9. The van der Waals surface area contributed by atoms with Crippen molar-refractivity contribution in [3.05, 3.63) is 48.0 Å². The van der Waals surface area contributed by atoms with Crippen molar-refractivity contribution in [2.45, 2.75) is 25.3 Å². The molecular weight excluding hydrogens is 314 g/mol. The van der Waals surface area contributed by atoms with Crippen molar-refractivity contribution in [2.24, 2.45) is 5.92 Å². The first-order chi connectivity index (χ1) is 9.79. The van der Waals surface area contributed by atoms with Crippen molar-refractivity contribution >= 4 is 32.6 Å². The maximum Gasteiger partial charge on any atom is 0.252 e. The van der Waals surface area contributed by atoms with Gasteiger partial charge in [-0.3, -0.25) is 4.79 Å². The number of carbonyl (C=O) groups is 1. The van der Waals surface area contributed by atoms with Crippen molar-refractivity contribution in [2.75, 3.05) is 5.33 Å². The van der Waals surface area contributed by atoms with Gasteiger partial charge in [-0.15, -0.1) is 0 Å². The molecule has 2 atom stereocenters. The van der Waals surface area contributed by atoms with Crippen LogP contribution in [-0.2, 0) is 0 Å². The molecule has 2 unspecified atom stereocenters. The highest BCUT2D eigenvalue weighted by Crippen LogP contribution is 2.28. The maximum atomic E-state index is 12.5. The number of hydrogen-bond donors (Lipinski definition) is 1. The van der Waals surface area contributed by atoms with Crippen LogP contribution in [0, 0.1) is 5.92 Å². The van der Waals surface area contributed by atoms with E-state index in [-0.39, 0.29) is 5.91 Å². The Morgan fingerprint density at radius 2 is 1.95 bits per heavy atom. The van der Waals surface area contributed by atoms with Crippen molar-refractivity contribution in [1.82, 2.24) is 5.32 Å². The summed E-state index contributed by atoms with van der Waals surface area (Å²) in [6.45, 7) is 0. The summed E-state index contributed by atoms with van der Waals surface area (Å²) in [6.07, 6.45) is 3.50. The predicted octanol–water partition coefficient (Wildman–Crippen LogP) is 4.13. The van der Waals surface area contributed by atoms with Gasteiger partial charge in [-0.05, 0) is 35.6 Å². The number of fused-ring (bicyclic) bond motifs is 1. The fraction of sp³-hybridized carbons (Fsp3) is 0.353. The fourth-order valence-corrected chi connectivity index (χ4v) is 3.86. The number of rotatable bonds is 3. The van der Waals surface area contributed by atoms with E-state index >= 15 is 0 Å². The minimum Gasteiger partial charge on any atom is -0.349 e. The van der Waals surface area contributed by atoms with Crippen LogP contribution in [0.4, 0.5) is 0 Å². The van der Waals surface area contributed by atoms with Crippen LogP contribution in [0.1, 0.15) is 29.6 Å². The van der Waals surface area contributed by atoms with Crippen LogP contribution >= 0.6 is 15.9 Å². The van der Waals surface area contributed by atoms with Crippen molar-refractivity contribution in [1.29, 1.82) is 0 Å². The van der Waals surface area contributed by atoms with Crippen LogP contribution in [0.2, 0.25) is 0 Å². The number of halogens is 1. The van der Waals surface area contributed by atoms with Crippen LogP contribution in [0.25, 0.3) is 10.8 Å². The minimum absolute atomic E-state index is 0.0552. The Hall–Kier alpha value is -1.35. The third-order valence-corrected chi connectivity index (χ3v) is 5.04. The van der Waals surface area contributed by atoms with E-state index < -0.39 is 0 Å². The van der Waals surface area contributed by atoms with E-state index in [4.69, 9.17) is 0 Å². The lowest BCUT2D eigenvalue weighted by atomic mass is 10.0. The Morgan fingerprint density at radius 3 is 2.80 bits per heavy atom. The molecule has 2 nitrogen and oxygen atoms in total. The molecule has 0 saturated heterocycles. The normalized spacial score (nSPS) is 22.1. The van der Waals surface area contributed by atoms with Crippen LogP contribution in [0.15, 0.2) is 42.5 Å². The van der Waals surface area contributed by atoms with E-state index in [2.05, 4.69) is 21.2 Å². The molecule has 2 aromatic rings. The second kappa shape index (κ2) is 5.96. The largest absolute Gasteiger partial charge is 0.349 e. The van der Waals surface area contributed by atoms with Crippen LogP contribution in [-0.4, -0.2) is 17.3 Å². The summed E-state index contributed by atoms with van der Waals surface area (Å²) in [5.74, 6) is 0.619. The predicted molar refractivity (Wildman–Crippen MR) is 86.3 cm³/mol. The molecular formula is C17H18BrNO. The average Bonchev–Trinajstić information content (AvgIpc) is 2.93. The molecule has 1 aliphatic rings. The number of nitrogens with one attached hydrogen (secondary N) is 1. The quantitative estimate of drug-likeness (QED) is 0.841. The monoisotopic (exact) mass is 331 g/mol. The number of carbonyl (C=O) groups excluding carboxylic acids is 1. The topological polar surface area (TPSA) is 29.1 Å². The Labute approximate surface area is 127 Å². The van der Waals surface area contributed by atoms with E-state index in [1.54, 1.807) is 0 Å². The van der Waals surface area contributed by atoms with Crippen LogP contribution in [0.3, 0.4) is 0 Å². The van der Waals surface area contributed by atoms with Gasteiger partial charge in [0.1, 0.15) is 0 Å². The molecule has 0 aliphatic heterocycles. The molecule has 0 aromatic heterocycles. The first-order valence-corrected chi connectivity index (χ1v) is 8.26. The zero-order valence-corrected chi connectivity index (χ0v) is 12.9. The van der Waals surface area contributed by atoms with Gasteiger partial charge < -0.3 is 5.32 Å². The van der Waals surface area contributed by atoms with Gasteiger partial charge in [0, 0.05) is 16.9 Å². The van der Waals surface area contributed by atoms with Crippen molar-refractivity contribution in [3.63, 3.8) is 0 Å². The van der Waals surface area contributed by atoms with Crippen molar-refractivity contribution in [3.8, 4) is 0 Å². The van der Waals surface area contributed by atoms with Crippen LogP contribution < -0.4 is 5.32 Å². The van der Waals surface area contributed by atoms with Gasteiger partial charge in [-0.25, -0.2) is 0 Å². The molecule has 2 aromatic carbocycles. The number of benzene rings is 2. The summed E-state index contributed by atoms with van der Waals surface area (Å²) in [4.78, 5) is 12.5. The summed E-state index contributed by atoms with van der Waals surface area (Å²) in [7, 11) is 0. The lowest BCUT2D eigenvalue weighted by Crippen LogP contribution is -2.37. The number of amides is 1. The Balaban J connectivity index is 1.86. The van der Waals surface area contributed by atoms with E-state index in [0.717, 1.165) is 28.1 Å². The fourth-order valence-electron chi connectivity index (χ4n) is 3.08. The molecule has 1 aliphatic carbocycles. The van der Waals surface area contributed by atoms with E-state index in [0.29, 0.717) is 12.0 Å². The molecule has 0 spiro atoms. The van der Waals surface area contributed by atoms with Gasteiger partial charge >= 0.3 is 0 Å². The SMILES string of the molecule is O=C(NC1CCCC1CBr)c1cccc2ccccc12. The summed E-state index contributed by atoms with van der Waals surface area (Å²) in [5.41, 5.74) is 0.781. The molecule has 1 amide bonds. The third-order valence-electron chi connectivity index (χ3n) is 4.21. The Kier molecular flexibility index (Phi) is 4.06. The smallest absolute Gasteiger partial charge is 0.252 e. The van der Waals surface area contributed by atoms with Gasteiger partial charge in [-0.1, -0.05) is 58.7 Å². The molecule has 1 fully saturated rings. The summed E-state index contributed by atoms with van der Waals surface area (Å²) in [5, 5.41) is 6.33. The number of hydrogen-bond acceptors (Lipinski definition) is 1. The maximum absolute atomic E-state index is 12.5. The van der Waals surface area contributed by atoms with E-state index in [9.17, 15) is 4.79 Å². The molecule has 3 heteroatoms. The molecule has 0 heterocycles. The lowest BCUT2D eigenvalue weighted by Gasteiger charge is -2.19. The Bertz CT molecular complexity index is 620. The summed E-state index contributed by atoms with van der Waals surface area (Å²) < 4.78 is 0. The summed E-state index contributed by atoms with van der Waals surface area (Å²) >= 11 is 3.55. The highest BCUT2D eigenvalue weighted by molar-refractivity contribution is 9.09. The average molecular weight is 332 g/mol. The van der Waals surface area contributed by atoms with Crippen molar-refractivity contribution < 1.29 is 4.79 Å². The van der Waals surface area contributed by atoms with Gasteiger partial charge in [0.05, 0.1) is 0 Å². The van der Waals surface area contributed by atoms with Gasteiger partial charge in [0.2, 0.25) is 0 Å². The second-order valence-corrected chi connectivity index (χ2v) is 6.10. The van der Waals surface area contributed by atoms with Crippen LogP contribution in [0.5, 0.6) is 0 Å². The third kappa shape index (κ3) is 2.59. The zero-order valence-electron chi connectivity index (χ0n) is 11.3. The molecule has 20 heavy (non-hydrogen) atoms.